The summed E-state index contributed by atoms with van der Waals surface area (Å²) < 4.78 is 4.32. The Kier molecular flexibility index (Phi) is 20.5. The van der Waals surface area contributed by atoms with Crippen molar-refractivity contribution in [3.8, 4) is 0 Å². The number of carbonyl (C=O) groups excluding carboxylic acids is 1. The Bertz CT molecular complexity index is 679. The second kappa shape index (κ2) is 18.8. The molecule has 0 aromatic rings. The Balaban J connectivity index is -0.000000590. The third-order valence-corrected chi connectivity index (χ3v) is 3.64. The van der Waals surface area contributed by atoms with Crippen molar-refractivity contribution in [3.05, 3.63) is 11.5 Å². The van der Waals surface area contributed by atoms with Gasteiger partial charge >= 0.3 is 89.0 Å². The van der Waals surface area contributed by atoms with E-state index in [1.165, 1.54) is 0 Å². The van der Waals surface area contributed by atoms with E-state index in [-0.39, 0.29) is 72.2 Å². The van der Waals surface area contributed by atoms with Gasteiger partial charge in [-0.2, -0.15) is 0 Å². The molecular formula is C16H26N2Na2O14. The van der Waals surface area contributed by atoms with Crippen LogP contribution in [0.1, 0.15) is 0 Å². The number of hydrogen-bond donors (Lipinski definition) is 8. The molecule has 0 spiro atoms. The van der Waals surface area contributed by atoms with E-state index in [4.69, 9.17) is 40.9 Å². The van der Waals surface area contributed by atoms with Gasteiger partial charge in [0.25, 0.3) is 0 Å². The van der Waals surface area contributed by atoms with Gasteiger partial charge in [-0.25, -0.2) is 4.79 Å². The van der Waals surface area contributed by atoms with Crippen LogP contribution in [0, 0.1) is 0 Å². The minimum atomic E-state index is -1.42. The summed E-state index contributed by atoms with van der Waals surface area (Å²) in [4.78, 5) is 54.9. The average molecular weight is 516 g/mol. The number of nitrogens with zero attached hydrogens (tertiary/aromatic N) is 2. The van der Waals surface area contributed by atoms with Crippen LogP contribution >= 0.6 is 0 Å². The normalized spacial score (nSPS) is 15.4. The van der Waals surface area contributed by atoms with Gasteiger partial charge in [-0.3, -0.25) is 29.0 Å². The van der Waals surface area contributed by atoms with Crippen molar-refractivity contribution in [1.29, 1.82) is 0 Å². The molecule has 0 aromatic carbocycles. The number of rotatable bonds is 13. The van der Waals surface area contributed by atoms with Gasteiger partial charge < -0.3 is 45.6 Å². The van der Waals surface area contributed by atoms with Crippen LogP contribution in [0.5, 0.6) is 0 Å². The van der Waals surface area contributed by atoms with Crippen LogP contribution in [0.25, 0.3) is 0 Å². The first-order chi connectivity index (χ1) is 14.8. The van der Waals surface area contributed by atoms with Crippen LogP contribution in [0.2, 0.25) is 0 Å². The van der Waals surface area contributed by atoms with Crippen molar-refractivity contribution < 1.29 is 69.6 Å². The summed E-state index contributed by atoms with van der Waals surface area (Å²) in [5, 5.41) is 69.5. The Morgan fingerprint density at radius 2 is 1.12 bits per heavy atom. The predicted molar refractivity (Wildman–Crippen MR) is 113 cm³/mol. The molecule has 0 saturated heterocycles. The van der Waals surface area contributed by atoms with Gasteiger partial charge in [-0.05, 0) is 0 Å². The molecule has 34 heavy (non-hydrogen) atoms. The molecule has 0 bridgehead atoms. The summed E-state index contributed by atoms with van der Waals surface area (Å²) in [5.41, 5.74) is 0. The molecule has 1 heterocycles. The number of aliphatic carboxylic acids is 4. The molecule has 0 amide bonds. The Hall–Kier alpha value is -1.47. The molecule has 16 nitrogen and oxygen atoms in total. The Morgan fingerprint density at radius 3 is 1.32 bits per heavy atom. The second-order valence-corrected chi connectivity index (χ2v) is 6.31. The number of aliphatic hydroxyl groups is 4. The maximum atomic E-state index is 10.6. The number of hydrogen-bond acceptors (Lipinski definition) is 12. The van der Waals surface area contributed by atoms with Gasteiger partial charge in [0.05, 0.1) is 32.8 Å². The quantitative estimate of drug-likeness (QED) is 0.0843. The van der Waals surface area contributed by atoms with E-state index in [9.17, 15) is 24.0 Å². The molecule has 0 aliphatic carbocycles. The summed E-state index contributed by atoms with van der Waals surface area (Å²) in [6, 6.07) is 0. The van der Waals surface area contributed by atoms with E-state index in [1.54, 1.807) is 0 Å². The summed E-state index contributed by atoms with van der Waals surface area (Å²) in [7, 11) is 0. The first kappa shape index (κ1) is 37.1. The predicted octanol–water partition coefficient (Wildman–Crippen LogP) is -4.78. The first-order valence-corrected chi connectivity index (χ1v) is 8.72. The van der Waals surface area contributed by atoms with Crippen LogP contribution in [0.3, 0.4) is 0 Å². The van der Waals surface area contributed by atoms with Gasteiger partial charge in [0, 0.05) is 13.1 Å². The van der Waals surface area contributed by atoms with E-state index >= 15 is 0 Å². The topological polar surface area (TPSA) is 263 Å². The molecule has 0 saturated carbocycles. The van der Waals surface area contributed by atoms with Gasteiger partial charge in [0.15, 0.2) is 11.9 Å². The van der Waals surface area contributed by atoms with Crippen LogP contribution in [-0.4, -0.2) is 198 Å². The number of carbonyl (C=O) groups is 5. The fraction of sp³-hybridized carbons (Fsp3) is 0.562. The van der Waals surface area contributed by atoms with Crippen LogP contribution in [-0.2, 0) is 28.7 Å². The van der Waals surface area contributed by atoms with Crippen molar-refractivity contribution in [2.75, 3.05) is 45.9 Å². The molecule has 18 heteroatoms. The molecular weight excluding hydrogens is 490 g/mol. The summed E-state index contributed by atoms with van der Waals surface area (Å²) in [6.07, 6.45) is -2.78. The van der Waals surface area contributed by atoms with E-state index in [2.05, 4.69) is 4.74 Å². The molecule has 0 unspecified atom stereocenters. The van der Waals surface area contributed by atoms with Gasteiger partial charge in [-0.1, -0.05) is 0 Å². The van der Waals surface area contributed by atoms with E-state index in [1.807, 2.05) is 0 Å². The number of aliphatic hydroxyl groups excluding tert-OH is 4. The second-order valence-electron chi connectivity index (χ2n) is 6.31. The Labute approximate surface area is 236 Å². The summed E-state index contributed by atoms with van der Waals surface area (Å²) in [6.45, 7) is -2.92. The Morgan fingerprint density at radius 1 is 0.794 bits per heavy atom. The third-order valence-electron chi connectivity index (χ3n) is 3.64. The monoisotopic (exact) mass is 516 g/mol. The minimum absolute atomic E-state index is 0. The number of ether oxygens (including phenoxy) is 1. The molecule has 2 atom stereocenters. The maximum absolute atomic E-state index is 10.6. The van der Waals surface area contributed by atoms with Crippen molar-refractivity contribution in [2.24, 2.45) is 0 Å². The molecule has 1 rings (SSSR count). The average Bonchev–Trinajstić information content (AvgIpc) is 2.91. The molecule has 1 aliphatic rings. The van der Waals surface area contributed by atoms with Crippen molar-refractivity contribution >= 4 is 89.0 Å². The summed E-state index contributed by atoms with van der Waals surface area (Å²) in [5.74, 6) is -7.69. The third kappa shape index (κ3) is 15.4. The van der Waals surface area contributed by atoms with Crippen LogP contribution in [0.15, 0.2) is 11.5 Å². The van der Waals surface area contributed by atoms with Crippen LogP contribution < -0.4 is 0 Å². The van der Waals surface area contributed by atoms with Crippen molar-refractivity contribution in [1.82, 2.24) is 9.80 Å². The zero-order valence-corrected chi connectivity index (χ0v) is 16.5. The fourth-order valence-corrected chi connectivity index (χ4v) is 2.30. The fourth-order valence-electron chi connectivity index (χ4n) is 2.30. The SMILES string of the molecule is O=C(O)CN(CCN(CC(=O)O)CC(=O)O)CC(=O)O.O=C1O[C@H]([C@@H](O)CO)C(O)=C1O.[NaH].[NaH]. The molecule has 8 N–H and O–H groups in total. The number of esters is 1. The molecule has 0 aromatic heterocycles. The molecule has 0 radical (unpaired) electrons. The molecule has 186 valence electrons. The van der Waals surface area contributed by atoms with Gasteiger partial charge in [0.1, 0.15) is 6.10 Å². The van der Waals surface area contributed by atoms with E-state index < -0.39 is 86.4 Å². The number of carboxylic acids is 4. The van der Waals surface area contributed by atoms with Crippen LogP contribution in [0.4, 0.5) is 0 Å². The van der Waals surface area contributed by atoms with Crippen molar-refractivity contribution in [2.45, 2.75) is 12.2 Å². The van der Waals surface area contributed by atoms with Gasteiger partial charge in [-0.15, -0.1) is 0 Å². The standard InChI is InChI=1S/C10H16N2O8.C6H8O6.2Na.2H/c13-7(14)3-11(4-8(15)16)1-2-12(5-9(17)18)6-10(19)20;7-1-2(8)5-3(9)4(10)6(11)12-5;;;;/h1-6H2,(H,13,14)(H,15,16)(H,17,18)(H,19,20);2,5,7-10H,1H2;;;;/t;2-,5+;;;;/m.0..../s1. The molecule has 0 fully saturated rings. The van der Waals surface area contributed by atoms with Gasteiger partial charge in [0.2, 0.25) is 5.76 Å². The number of cyclic esters (lactones) is 1. The summed E-state index contributed by atoms with van der Waals surface area (Å²) >= 11 is 0. The zero-order chi connectivity index (χ0) is 25.0. The van der Waals surface area contributed by atoms with Crippen molar-refractivity contribution in [3.63, 3.8) is 0 Å². The zero-order valence-electron chi connectivity index (χ0n) is 16.5. The first-order valence-electron chi connectivity index (χ1n) is 8.72. The molecule has 1 aliphatic heterocycles. The number of carboxylic acid groups (broad SMARTS) is 4. The van der Waals surface area contributed by atoms with E-state index in [0.29, 0.717) is 0 Å². The van der Waals surface area contributed by atoms with E-state index in [0.717, 1.165) is 9.80 Å².